The third-order valence-electron chi connectivity index (χ3n) is 3.66. The lowest BCUT2D eigenvalue weighted by atomic mass is 10.1. The Hall–Kier alpha value is -2.30. The summed E-state index contributed by atoms with van der Waals surface area (Å²) in [5, 5.41) is 0. The second-order valence-corrected chi connectivity index (χ2v) is 6.01. The Morgan fingerprint density at radius 3 is 2.35 bits per heavy atom. The predicted molar refractivity (Wildman–Crippen MR) is 85.0 cm³/mol. The molecular weight excluding hydrogens is 301 g/mol. The normalized spacial score (nSPS) is 12.3. The summed E-state index contributed by atoms with van der Waals surface area (Å²) in [6, 6.07) is 13.3. The van der Waals surface area contributed by atoms with Crippen molar-refractivity contribution in [2.24, 2.45) is 5.92 Å². The zero-order chi connectivity index (χ0) is 16.6. The molecule has 1 heterocycles. The maximum Gasteiger partial charge on any atom is 0.416 e. The molecule has 0 atom stereocenters. The summed E-state index contributed by atoms with van der Waals surface area (Å²) in [4.78, 5) is 4.47. The fourth-order valence-corrected chi connectivity index (χ4v) is 2.66. The molecule has 0 saturated carbocycles. The van der Waals surface area contributed by atoms with Crippen LogP contribution < -0.4 is 0 Å². The first-order valence-electron chi connectivity index (χ1n) is 7.49. The van der Waals surface area contributed by atoms with E-state index in [0.29, 0.717) is 23.8 Å². The maximum atomic E-state index is 12.9. The smallest absolute Gasteiger partial charge is 0.324 e. The van der Waals surface area contributed by atoms with Gasteiger partial charge in [-0.05, 0) is 24.1 Å². The van der Waals surface area contributed by atoms with Crippen molar-refractivity contribution in [1.82, 2.24) is 9.55 Å². The summed E-state index contributed by atoms with van der Waals surface area (Å²) in [7, 11) is 0. The number of benzene rings is 2. The van der Waals surface area contributed by atoms with E-state index in [2.05, 4.69) is 18.8 Å². The first kappa shape index (κ1) is 15.6. The number of aromatic nitrogens is 2. The van der Waals surface area contributed by atoms with E-state index in [0.717, 1.165) is 23.2 Å². The van der Waals surface area contributed by atoms with E-state index in [1.54, 1.807) is 0 Å². The lowest BCUT2D eigenvalue weighted by molar-refractivity contribution is -0.137. The molecule has 0 fully saturated rings. The van der Waals surface area contributed by atoms with Crippen molar-refractivity contribution in [3.8, 4) is 11.4 Å². The number of alkyl halides is 3. The van der Waals surface area contributed by atoms with Gasteiger partial charge in [-0.25, -0.2) is 4.98 Å². The average molecular weight is 318 g/mol. The molecule has 1 aromatic heterocycles. The van der Waals surface area contributed by atoms with E-state index in [9.17, 15) is 13.2 Å². The highest BCUT2D eigenvalue weighted by Gasteiger charge is 2.31. The highest BCUT2D eigenvalue weighted by Crippen LogP contribution is 2.33. The van der Waals surface area contributed by atoms with E-state index >= 15 is 0 Å². The van der Waals surface area contributed by atoms with Crippen LogP contribution in [0.4, 0.5) is 13.2 Å². The van der Waals surface area contributed by atoms with Gasteiger partial charge in [0.1, 0.15) is 5.82 Å². The topological polar surface area (TPSA) is 17.8 Å². The molecular formula is C18H17F3N2. The zero-order valence-electron chi connectivity index (χ0n) is 12.9. The lowest BCUT2D eigenvalue weighted by Gasteiger charge is -2.12. The molecule has 0 aliphatic heterocycles. The molecule has 0 radical (unpaired) electrons. The SMILES string of the molecule is CC(C)Cn1c(-c2ccccc2)nc2cc(C(F)(F)F)ccc21. The molecule has 0 N–H and O–H groups in total. The van der Waals surface area contributed by atoms with Gasteiger partial charge >= 0.3 is 6.18 Å². The molecule has 5 heteroatoms. The minimum absolute atomic E-state index is 0.358. The van der Waals surface area contributed by atoms with Gasteiger partial charge in [0.15, 0.2) is 0 Å². The summed E-state index contributed by atoms with van der Waals surface area (Å²) in [5.41, 5.74) is 1.33. The van der Waals surface area contributed by atoms with Crippen molar-refractivity contribution < 1.29 is 13.2 Å². The predicted octanol–water partition coefficient (Wildman–Crippen LogP) is 5.38. The van der Waals surface area contributed by atoms with Crippen molar-refractivity contribution in [3.63, 3.8) is 0 Å². The molecule has 2 nitrogen and oxygen atoms in total. The van der Waals surface area contributed by atoms with Gasteiger partial charge < -0.3 is 4.57 Å². The number of imidazole rings is 1. The van der Waals surface area contributed by atoms with Crippen LogP contribution in [0.25, 0.3) is 22.4 Å². The van der Waals surface area contributed by atoms with Crippen molar-refractivity contribution in [3.05, 3.63) is 54.1 Å². The third kappa shape index (κ3) is 3.09. The van der Waals surface area contributed by atoms with Crippen LogP contribution in [-0.4, -0.2) is 9.55 Å². The van der Waals surface area contributed by atoms with Crippen LogP contribution in [-0.2, 0) is 12.7 Å². The van der Waals surface area contributed by atoms with Gasteiger partial charge in [-0.3, -0.25) is 0 Å². The molecule has 3 aromatic rings. The van der Waals surface area contributed by atoms with Crippen LogP contribution in [0.2, 0.25) is 0 Å². The number of rotatable bonds is 3. The second kappa shape index (κ2) is 5.72. The fourth-order valence-electron chi connectivity index (χ4n) is 2.66. The van der Waals surface area contributed by atoms with Crippen molar-refractivity contribution in [2.45, 2.75) is 26.6 Å². The minimum Gasteiger partial charge on any atom is -0.324 e. The third-order valence-corrected chi connectivity index (χ3v) is 3.66. The van der Waals surface area contributed by atoms with Crippen LogP contribution in [0.15, 0.2) is 48.5 Å². The molecule has 0 aliphatic carbocycles. The summed E-state index contributed by atoms with van der Waals surface area (Å²) < 4.78 is 40.8. The molecule has 0 aliphatic rings. The van der Waals surface area contributed by atoms with E-state index in [-0.39, 0.29) is 0 Å². The quantitative estimate of drug-likeness (QED) is 0.634. The number of nitrogens with zero attached hydrogens (tertiary/aromatic N) is 2. The fraction of sp³-hybridized carbons (Fsp3) is 0.278. The summed E-state index contributed by atoms with van der Waals surface area (Å²) >= 11 is 0. The molecule has 0 bridgehead atoms. The number of fused-ring (bicyclic) bond motifs is 1. The Balaban J connectivity index is 2.22. The minimum atomic E-state index is -4.36. The Morgan fingerprint density at radius 2 is 1.74 bits per heavy atom. The molecule has 0 amide bonds. The van der Waals surface area contributed by atoms with Crippen LogP contribution in [0.5, 0.6) is 0 Å². The van der Waals surface area contributed by atoms with E-state index in [4.69, 9.17) is 0 Å². The monoisotopic (exact) mass is 318 g/mol. The first-order chi connectivity index (χ1) is 10.9. The van der Waals surface area contributed by atoms with E-state index in [1.165, 1.54) is 6.07 Å². The Bertz CT molecular complexity index is 817. The molecule has 120 valence electrons. The summed E-state index contributed by atoms with van der Waals surface area (Å²) in [6.45, 7) is 4.85. The molecule has 2 aromatic carbocycles. The van der Waals surface area contributed by atoms with Crippen LogP contribution >= 0.6 is 0 Å². The summed E-state index contributed by atoms with van der Waals surface area (Å²) in [5.74, 6) is 1.06. The van der Waals surface area contributed by atoms with Gasteiger partial charge in [-0.15, -0.1) is 0 Å². The van der Waals surface area contributed by atoms with Gasteiger partial charge in [0.05, 0.1) is 16.6 Å². The van der Waals surface area contributed by atoms with E-state index < -0.39 is 11.7 Å². The van der Waals surface area contributed by atoms with Gasteiger partial charge in [-0.2, -0.15) is 13.2 Å². The van der Waals surface area contributed by atoms with Crippen molar-refractivity contribution >= 4 is 11.0 Å². The van der Waals surface area contributed by atoms with Crippen LogP contribution in [0.3, 0.4) is 0 Å². The van der Waals surface area contributed by atoms with Crippen molar-refractivity contribution in [1.29, 1.82) is 0 Å². The van der Waals surface area contributed by atoms with Gasteiger partial charge in [-0.1, -0.05) is 44.2 Å². The van der Waals surface area contributed by atoms with E-state index in [1.807, 2.05) is 34.9 Å². The average Bonchev–Trinajstić information content (AvgIpc) is 2.85. The van der Waals surface area contributed by atoms with Gasteiger partial charge in [0.25, 0.3) is 0 Å². The highest BCUT2D eigenvalue weighted by atomic mass is 19.4. The summed E-state index contributed by atoms with van der Waals surface area (Å²) in [6.07, 6.45) is -4.36. The molecule has 3 rings (SSSR count). The number of halogens is 3. The highest BCUT2D eigenvalue weighted by molar-refractivity contribution is 5.81. The van der Waals surface area contributed by atoms with Crippen molar-refractivity contribution in [2.75, 3.05) is 0 Å². The van der Waals surface area contributed by atoms with Gasteiger partial charge in [0.2, 0.25) is 0 Å². The standard InChI is InChI=1S/C18H17F3N2/c1-12(2)11-23-16-9-8-14(18(19,20)21)10-15(16)22-17(23)13-6-4-3-5-7-13/h3-10,12H,11H2,1-2H3. The molecule has 23 heavy (non-hydrogen) atoms. The second-order valence-electron chi connectivity index (χ2n) is 6.01. The van der Waals surface area contributed by atoms with Crippen LogP contribution in [0.1, 0.15) is 19.4 Å². The lowest BCUT2D eigenvalue weighted by Crippen LogP contribution is -2.07. The molecule has 0 spiro atoms. The largest absolute Gasteiger partial charge is 0.416 e. The Kier molecular flexibility index (Phi) is 3.88. The Labute approximate surface area is 132 Å². The van der Waals surface area contributed by atoms with Gasteiger partial charge in [0, 0.05) is 12.1 Å². The zero-order valence-corrected chi connectivity index (χ0v) is 12.9. The number of hydrogen-bond donors (Lipinski definition) is 0. The number of hydrogen-bond acceptors (Lipinski definition) is 1. The van der Waals surface area contributed by atoms with Crippen LogP contribution in [0, 0.1) is 5.92 Å². The molecule has 0 unspecified atom stereocenters. The Morgan fingerprint density at radius 1 is 1.04 bits per heavy atom. The first-order valence-corrected chi connectivity index (χ1v) is 7.49. The maximum absolute atomic E-state index is 12.9. The molecule has 0 saturated heterocycles.